The maximum atomic E-state index is 13.3. The van der Waals surface area contributed by atoms with Gasteiger partial charge in [0.05, 0.1) is 0 Å². The summed E-state index contributed by atoms with van der Waals surface area (Å²) in [5.74, 6) is 0.00557. The minimum Gasteiger partial charge on any atom is -0.459 e. The quantitative estimate of drug-likeness (QED) is 0.830. The van der Waals surface area contributed by atoms with Crippen LogP contribution in [0.3, 0.4) is 0 Å². The number of carbonyl (C=O) groups is 2. The molecule has 1 amide bonds. The summed E-state index contributed by atoms with van der Waals surface area (Å²) in [4.78, 5) is 26.0. The maximum Gasteiger partial charge on any atom is 0.250 e. The second-order valence-corrected chi connectivity index (χ2v) is 7.93. The minimum atomic E-state index is -1.98. The molecule has 5 nitrogen and oxygen atoms in total. The molecular weight excluding hydrogens is 354 g/mol. The van der Waals surface area contributed by atoms with Crippen molar-refractivity contribution in [3.05, 3.63) is 64.7 Å². The van der Waals surface area contributed by atoms with Crippen LogP contribution in [-0.2, 0) is 16.1 Å². The highest BCUT2D eigenvalue weighted by molar-refractivity contribution is 6.10. The fourth-order valence-corrected chi connectivity index (χ4v) is 4.20. The SMILES string of the molecule is CCCCC(=O)NC12Oc3cc(C(C)C)ccc3C1(O)C(=O)c1ccccc12. The molecule has 1 aliphatic heterocycles. The van der Waals surface area contributed by atoms with E-state index in [0.717, 1.165) is 18.4 Å². The molecule has 2 aromatic rings. The van der Waals surface area contributed by atoms with E-state index in [2.05, 4.69) is 19.2 Å². The van der Waals surface area contributed by atoms with Gasteiger partial charge in [-0.1, -0.05) is 63.6 Å². The lowest BCUT2D eigenvalue weighted by Crippen LogP contribution is -2.59. The summed E-state index contributed by atoms with van der Waals surface area (Å²) >= 11 is 0. The molecule has 0 bridgehead atoms. The zero-order valence-corrected chi connectivity index (χ0v) is 16.4. The van der Waals surface area contributed by atoms with Crippen molar-refractivity contribution in [2.45, 2.75) is 57.3 Å². The van der Waals surface area contributed by atoms with Crippen LogP contribution in [0.5, 0.6) is 5.75 Å². The number of fused-ring (bicyclic) bond motifs is 5. The van der Waals surface area contributed by atoms with Crippen LogP contribution in [0, 0.1) is 0 Å². The van der Waals surface area contributed by atoms with Gasteiger partial charge in [0, 0.05) is 23.1 Å². The molecular formula is C23H25NO4. The Labute approximate surface area is 164 Å². The van der Waals surface area contributed by atoms with E-state index in [4.69, 9.17) is 4.74 Å². The lowest BCUT2D eigenvalue weighted by atomic mass is 9.84. The lowest BCUT2D eigenvalue weighted by molar-refractivity contribution is -0.142. The van der Waals surface area contributed by atoms with Crippen LogP contribution in [-0.4, -0.2) is 16.8 Å². The van der Waals surface area contributed by atoms with Crippen molar-refractivity contribution in [1.82, 2.24) is 5.32 Å². The van der Waals surface area contributed by atoms with Crippen molar-refractivity contribution in [3.63, 3.8) is 0 Å². The third-order valence-electron chi connectivity index (χ3n) is 5.79. The number of ketones is 1. The van der Waals surface area contributed by atoms with Gasteiger partial charge in [-0.25, -0.2) is 0 Å². The summed E-state index contributed by atoms with van der Waals surface area (Å²) in [5, 5.41) is 14.6. The van der Waals surface area contributed by atoms with E-state index >= 15 is 0 Å². The second kappa shape index (κ2) is 6.45. The number of nitrogens with one attached hydrogen (secondary N) is 1. The topological polar surface area (TPSA) is 75.6 Å². The van der Waals surface area contributed by atoms with E-state index in [9.17, 15) is 14.7 Å². The number of carbonyl (C=O) groups excluding carboxylic acids is 2. The van der Waals surface area contributed by atoms with Gasteiger partial charge in [0.1, 0.15) is 5.75 Å². The molecule has 2 N–H and O–H groups in total. The van der Waals surface area contributed by atoms with Crippen LogP contribution >= 0.6 is 0 Å². The van der Waals surface area contributed by atoms with E-state index in [0.29, 0.717) is 28.9 Å². The lowest BCUT2D eigenvalue weighted by Gasteiger charge is -2.35. The van der Waals surface area contributed by atoms with Gasteiger partial charge in [-0.2, -0.15) is 0 Å². The Morgan fingerprint density at radius 1 is 1.18 bits per heavy atom. The average molecular weight is 379 g/mol. The van der Waals surface area contributed by atoms with E-state index < -0.39 is 17.1 Å². The first-order valence-electron chi connectivity index (χ1n) is 9.86. The van der Waals surface area contributed by atoms with Crippen LogP contribution < -0.4 is 10.1 Å². The third-order valence-corrected chi connectivity index (χ3v) is 5.79. The Morgan fingerprint density at radius 2 is 1.93 bits per heavy atom. The molecule has 2 unspecified atom stereocenters. The Balaban J connectivity index is 1.88. The van der Waals surface area contributed by atoms with E-state index in [1.54, 1.807) is 30.3 Å². The summed E-state index contributed by atoms with van der Waals surface area (Å²) in [6.07, 6.45) is 1.90. The molecule has 0 aromatic heterocycles. The van der Waals surface area contributed by atoms with Gasteiger partial charge in [0.2, 0.25) is 17.3 Å². The number of amides is 1. The smallest absolute Gasteiger partial charge is 0.250 e. The number of aliphatic hydroxyl groups is 1. The monoisotopic (exact) mass is 379 g/mol. The number of hydrogen-bond donors (Lipinski definition) is 2. The fraction of sp³-hybridized carbons (Fsp3) is 0.391. The van der Waals surface area contributed by atoms with Crippen molar-refractivity contribution in [2.24, 2.45) is 0 Å². The summed E-state index contributed by atoms with van der Waals surface area (Å²) in [7, 11) is 0. The second-order valence-electron chi connectivity index (χ2n) is 7.93. The summed E-state index contributed by atoms with van der Waals surface area (Å²) in [6, 6.07) is 12.4. The molecule has 0 saturated carbocycles. The summed E-state index contributed by atoms with van der Waals surface area (Å²) in [6.45, 7) is 6.13. The van der Waals surface area contributed by atoms with Gasteiger partial charge in [-0.15, -0.1) is 0 Å². The van der Waals surface area contributed by atoms with Crippen LogP contribution in [0.4, 0.5) is 0 Å². The number of rotatable bonds is 5. The number of unbranched alkanes of at least 4 members (excludes halogenated alkanes) is 1. The molecule has 0 spiro atoms. The molecule has 0 saturated heterocycles. The number of hydrogen-bond acceptors (Lipinski definition) is 4. The zero-order chi connectivity index (χ0) is 20.1. The van der Waals surface area contributed by atoms with Crippen LogP contribution in [0.1, 0.15) is 73.0 Å². The van der Waals surface area contributed by atoms with E-state index in [1.807, 2.05) is 19.1 Å². The van der Waals surface area contributed by atoms with Crippen molar-refractivity contribution in [3.8, 4) is 5.75 Å². The van der Waals surface area contributed by atoms with Gasteiger partial charge >= 0.3 is 0 Å². The summed E-state index contributed by atoms with van der Waals surface area (Å²) < 4.78 is 6.26. The van der Waals surface area contributed by atoms with Crippen molar-refractivity contribution in [1.29, 1.82) is 0 Å². The van der Waals surface area contributed by atoms with Crippen LogP contribution in [0.15, 0.2) is 42.5 Å². The Morgan fingerprint density at radius 3 is 2.64 bits per heavy atom. The van der Waals surface area contributed by atoms with Gasteiger partial charge < -0.3 is 15.2 Å². The molecule has 2 aliphatic rings. The van der Waals surface area contributed by atoms with E-state index in [-0.39, 0.29) is 11.8 Å². The molecule has 0 fully saturated rings. The predicted octanol–water partition coefficient (Wildman–Crippen LogP) is 3.75. The minimum absolute atomic E-state index is 0.248. The molecule has 146 valence electrons. The van der Waals surface area contributed by atoms with Crippen molar-refractivity contribution in [2.75, 3.05) is 0 Å². The molecule has 0 radical (unpaired) electrons. The Bertz CT molecular complexity index is 967. The van der Waals surface area contributed by atoms with Crippen LogP contribution in [0.2, 0.25) is 0 Å². The third kappa shape index (κ3) is 2.35. The van der Waals surface area contributed by atoms with Gasteiger partial charge in [-0.05, 0) is 24.0 Å². The average Bonchev–Trinajstić information content (AvgIpc) is 3.04. The van der Waals surface area contributed by atoms with Gasteiger partial charge in [0.15, 0.2) is 0 Å². The molecule has 2 aromatic carbocycles. The van der Waals surface area contributed by atoms with E-state index in [1.165, 1.54) is 0 Å². The highest BCUT2D eigenvalue weighted by Gasteiger charge is 2.71. The summed E-state index contributed by atoms with van der Waals surface area (Å²) in [5.41, 5.74) is -1.31. The first-order valence-corrected chi connectivity index (χ1v) is 9.86. The Kier molecular flexibility index (Phi) is 4.31. The standard InChI is InChI=1S/C23H25NO4/c1-4-5-10-20(25)24-23-17-9-7-6-8-16(17)21(26)22(23,27)18-12-11-15(14(2)3)13-19(18)28-23/h6-9,11-14,27H,4-5,10H2,1-3H3,(H,24,25). The first-order chi connectivity index (χ1) is 13.3. The molecule has 1 heterocycles. The van der Waals surface area contributed by atoms with Crippen molar-refractivity contribution < 1.29 is 19.4 Å². The van der Waals surface area contributed by atoms with Gasteiger partial charge in [-0.3, -0.25) is 9.59 Å². The fourth-order valence-electron chi connectivity index (χ4n) is 4.20. The molecule has 1 aliphatic carbocycles. The maximum absolute atomic E-state index is 13.3. The molecule has 28 heavy (non-hydrogen) atoms. The largest absolute Gasteiger partial charge is 0.459 e. The number of Topliss-reactive ketones (excluding diaryl/α,β-unsaturated/α-hetero) is 1. The Hall–Kier alpha value is -2.66. The molecule has 4 rings (SSSR count). The number of benzene rings is 2. The normalized spacial score (nSPS) is 24.5. The number of ether oxygens (including phenoxy) is 1. The predicted molar refractivity (Wildman–Crippen MR) is 105 cm³/mol. The van der Waals surface area contributed by atoms with Gasteiger partial charge in [0.25, 0.3) is 5.72 Å². The highest BCUT2D eigenvalue weighted by atomic mass is 16.5. The molecule has 2 atom stereocenters. The van der Waals surface area contributed by atoms with Crippen LogP contribution in [0.25, 0.3) is 0 Å². The first kappa shape index (κ1) is 18.7. The highest BCUT2D eigenvalue weighted by Crippen LogP contribution is 2.58. The molecule has 5 heteroatoms. The zero-order valence-electron chi connectivity index (χ0n) is 16.4. The van der Waals surface area contributed by atoms with Crippen molar-refractivity contribution >= 4 is 11.7 Å².